The summed E-state index contributed by atoms with van der Waals surface area (Å²) < 4.78 is 5.19. The average molecular weight is 187 g/mol. The van der Waals surface area contributed by atoms with Crippen molar-refractivity contribution in [3.63, 3.8) is 0 Å². The van der Waals surface area contributed by atoms with Gasteiger partial charge in [0.05, 0.1) is 5.60 Å². The Morgan fingerprint density at radius 1 is 1.69 bits per heavy atom. The van der Waals surface area contributed by atoms with Gasteiger partial charge in [-0.3, -0.25) is 4.79 Å². The molecule has 0 aliphatic carbocycles. The van der Waals surface area contributed by atoms with Crippen molar-refractivity contribution in [2.24, 2.45) is 0 Å². The Morgan fingerprint density at radius 3 is 2.85 bits per heavy atom. The standard InChI is InChI=1S/C9H17NO3/c1-9(2,12)6-10-8(11)7-4-3-5-13-7/h7,12H,3-6H2,1-2H3,(H,10,11). The Labute approximate surface area is 78.3 Å². The monoisotopic (exact) mass is 187 g/mol. The van der Waals surface area contributed by atoms with Gasteiger partial charge in [-0.25, -0.2) is 0 Å². The van der Waals surface area contributed by atoms with E-state index in [1.165, 1.54) is 0 Å². The van der Waals surface area contributed by atoms with Gasteiger partial charge in [-0.05, 0) is 26.7 Å². The molecule has 1 saturated heterocycles. The van der Waals surface area contributed by atoms with Crippen molar-refractivity contribution < 1.29 is 14.6 Å². The highest BCUT2D eigenvalue weighted by atomic mass is 16.5. The van der Waals surface area contributed by atoms with Crippen LogP contribution in [0.2, 0.25) is 0 Å². The summed E-state index contributed by atoms with van der Waals surface area (Å²) in [5, 5.41) is 12.0. The fraction of sp³-hybridized carbons (Fsp3) is 0.889. The fourth-order valence-electron chi connectivity index (χ4n) is 1.20. The molecule has 4 nitrogen and oxygen atoms in total. The first-order valence-corrected chi connectivity index (χ1v) is 4.61. The molecule has 76 valence electrons. The lowest BCUT2D eigenvalue weighted by Gasteiger charge is -2.19. The van der Waals surface area contributed by atoms with Crippen LogP contribution in [-0.4, -0.2) is 35.9 Å². The second-order valence-electron chi connectivity index (χ2n) is 4.03. The van der Waals surface area contributed by atoms with Gasteiger partial charge < -0.3 is 15.2 Å². The van der Waals surface area contributed by atoms with E-state index < -0.39 is 5.60 Å². The molecule has 1 unspecified atom stereocenters. The smallest absolute Gasteiger partial charge is 0.249 e. The molecule has 13 heavy (non-hydrogen) atoms. The first kappa shape index (κ1) is 10.5. The van der Waals surface area contributed by atoms with E-state index in [2.05, 4.69) is 5.32 Å². The van der Waals surface area contributed by atoms with Crippen LogP contribution in [0, 0.1) is 0 Å². The number of hydrogen-bond acceptors (Lipinski definition) is 3. The van der Waals surface area contributed by atoms with Gasteiger partial charge in [-0.15, -0.1) is 0 Å². The second-order valence-corrected chi connectivity index (χ2v) is 4.03. The van der Waals surface area contributed by atoms with Gasteiger partial charge in [0.1, 0.15) is 6.10 Å². The summed E-state index contributed by atoms with van der Waals surface area (Å²) >= 11 is 0. The van der Waals surface area contributed by atoms with E-state index in [0.29, 0.717) is 6.61 Å². The summed E-state index contributed by atoms with van der Waals surface area (Å²) in [6.45, 7) is 4.25. The maximum atomic E-state index is 11.3. The number of amides is 1. The Morgan fingerprint density at radius 2 is 2.38 bits per heavy atom. The summed E-state index contributed by atoms with van der Waals surface area (Å²) in [7, 11) is 0. The lowest BCUT2D eigenvalue weighted by molar-refractivity contribution is -0.131. The molecule has 1 heterocycles. The maximum absolute atomic E-state index is 11.3. The molecule has 0 saturated carbocycles. The van der Waals surface area contributed by atoms with Crippen LogP contribution in [0.4, 0.5) is 0 Å². The van der Waals surface area contributed by atoms with Crippen LogP contribution >= 0.6 is 0 Å². The lowest BCUT2D eigenvalue weighted by atomic mass is 10.1. The summed E-state index contributed by atoms with van der Waals surface area (Å²) in [6.07, 6.45) is 1.43. The predicted molar refractivity (Wildman–Crippen MR) is 48.3 cm³/mol. The SMILES string of the molecule is CC(C)(O)CNC(=O)C1CCCO1. The van der Waals surface area contributed by atoms with Gasteiger partial charge in [0, 0.05) is 13.2 Å². The summed E-state index contributed by atoms with van der Waals surface area (Å²) in [6, 6.07) is 0. The molecule has 1 atom stereocenters. The number of carbonyl (C=O) groups is 1. The minimum absolute atomic E-state index is 0.111. The van der Waals surface area contributed by atoms with E-state index in [4.69, 9.17) is 4.74 Å². The first-order chi connectivity index (χ1) is 5.99. The molecule has 1 fully saturated rings. The Balaban J connectivity index is 2.25. The summed E-state index contributed by atoms with van der Waals surface area (Å²) in [5.74, 6) is -0.111. The molecular weight excluding hydrogens is 170 g/mol. The van der Waals surface area contributed by atoms with Gasteiger partial charge in [0.2, 0.25) is 5.91 Å². The van der Waals surface area contributed by atoms with Crippen molar-refractivity contribution in [3.8, 4) is 0 Å². The van der Waals surface area contributed by atoms with Gasteiger partial charge in [-0.2, -0.15) is 0 Å². The number of nitrogens with one attached hydrogen (secondary N) is 1. The van der Waals surface area contributed by atoms with Crippen LogP contribution in [0.1, 0.15) is 26.7 Å². The molecule has 0 aromatic rings. The molecule has 0 aromatic heterocycles. The molecule has 1 amide bonds. The molecule has 1 rings (SSSR count). The molecule has 0 bridgehead atoms. The van der Waals surface area contributed by atoms with E-state index >= 15 is 0 Å². The summed E-state index contributed by atoms with van der Waals surface area (Å²) in [4.78, 5) is 11.3. The number of hydrogen-bond donors (Lipinski definition) is 2. The fourth-order valence-corrected chi connectivity index (χ4v) is 1.20. The van der Waals surface area contributed by atoms with Crippen molar-refractivity contribution >= 4 is 5.91 Å². The Bertz CT molecular complexity index is 180. The largest absolute Gasteiger partial charge is 0.389 e. The Kier molecular flexibility index (Phi) is 3.27. The molecule has 1 aliphatic heterocycles. The number of ether oxygens (including phenoxy) is 1. The summed E-state index contributed by atoms with van der Waals surface area (Å²) in [5.41, 5.74) is -0.853. The van der Waals surface area contributed by atoms with Crippen LogP contribution < -0.4 is 5.32 Å². The molecule has 0 spiro atoms. The lowest BCUT2D eigenvalue weighted by Crippen LogP contribution is -2.42. The zero-order valence-corrected chi connectivity index (χ0v) is 8.17. The van der Waals surface area contributed by atoms with Gasteiger partial charge in [0.25, 0.3) is 0 Å². The highest BCUT2D eigenvalue weighted by molar-refractivity contribution is 5.81. The van der Waals surface area contributed by atoms with Crippen molar-refractivity contribution in [1.82, 2.24) is 5.32 Å². The van der Waals surface area contributed by atoms with E-state index in [9.17, 15) is 9.90 Å². The maximum Gasteiger partial charge on any atom is 0.249 e. The van der Waals surface area contributed by atoms with Crippen LogP contribution in [0.15, 0.2) is 0 Å². The van der Waals surface area contributed by atoms with Gasteiger partial charge in [0.15, 0.2) is 0 Å². The molecule has 1 aliphatic rings. The molecule has 2 N–H and O–H groups in total. The molecule has 4 heteroatoms. The zero-order valence-electron chi connectivity index (χ0n) is 8.17. The topological polar surface area (TPSA) is 58.6 Å². The van der Waals surface area contributed by atoms with Gasteiger partial charge >= 0.3 is 0 Å². The van der Waals surface area contributed by atoms with Crippen LogP contribution in [0.3, 0.4) is 0 Å². The molecule has 0 radical (unpaired) electrons. The van der Waals surface area contributed by atoms with E-state index in [0.717, 1.165) is 12.8 Å². The highest BCUT2D eigenvalue weighted by Gasteiger charge is 2.24. The van der Waals surface area contributed by atoms with Crippen molar-refractivity contribution in [3.05, 3.63) is 0 Å². The third-order valence-corrected chi connectivity index (χ3v) is 1.92. The first-order valence-electron chi connectivity index (χ1n) is 4.61. The van der Waals surface area contributed by atoms with Crippen molar-refractivity contribution in [1.29, 1.82) is 0 Å². The van der Waals surface area contributed by atoms with E-state index in [-0.39, 0.29) is 18.6 Å². The number of carbonyl (C=O) groups excluding carboxylic acids is 1. The Hall–Kier alpha value is -0.610. The normalized spacial score (nSPS) is 23.2. The number of aliphatic hydroxyl groups is 1. The van der Waals surface area contributed by atoms with Crippen molar-refractivity contribution in [2.75, 3.05) is 13.2 Å². The second kappa shape index (κ2) is 4.07. The highest BCUT2D eigenvalue weighted by Crippen LogP contribution is 2.11. The van der Waals surface area contributed by atoms with Crippen LogP contribution in [0.25, 0.3) is 0 Å². The number of rotatable bonds is 3. The van der Waals surface area contributed by atoms with E-state index in [1.807, 2.05) is 0 Å². The van der Waals surface area contributed by atoms with Crippen LogP contribution in [-0.2, 0) is 9.53 Å². The third kappa shape index (κ3) is 3.74. The van der Waals surface area contributed by atoms with E-state index in [1.54, 1.807) is 13.8 Å². The van der Waals surface area contributed by atoms with Gasteiger partial charge in [-0.1, -0.05) is 0 Å². The average Bonchev–Trinajstić information content (AvgIpc) is 2.50. The zero-order chi connectivity index (χ0) is 9.90. The predicted octanol–water partition coefficient (Wildman–Crippen LogP) is 0.0525. The van der Waals surface area contributed by atoms with Crippen LogP contribution in [0.5, 0.6) is 0 Å². The van der Waals surface area contributed by atoms with Crippen molar-refractivity contribution in [2.45, 2.75) is 38.4 Å². The minimum Gasteiger partial charge on any atom is -0.389 e. The quantitative estimate of drug-likeness (QED) is 0.656. The minimum atomic E-state index is -0.853. The third-order valence-electron chi connectivity index (χ3n) is 1.92. The molecule has 0 aromatic carbocycles. The molecular formula is C9H17NO3.